The van der Waals surface area contributed by atoms with Crippen LogP contribution in [0.15, 0.2) is 36.8 Å². The Bertz CT molecular complexity index is 456. The van der Waals surface area contributed by atoms with Crippen LogP contribution in [0.25, 0.3) is 11.0 Å². The molecule has 0 amide bonds. The van der Waals surface area contributed by atoms with Crippen molar-refractivity contribution in [2.45, 2.75) is 6.42 Å². The summed E-state index contributed by atoms with van der Waals surface area (Å²) in [5.41, 5.74) is 5.71. The van der Waals surface area contributed by atoms with Crippen LogP contribution in [0.1, 0.15) is 12.1 Å². The fraction of sp³-hybridized carbons (Fsp3) is 0.182. The van der Waals surface area contributed by atoms with Crippen LogP contribution in [0.3, 0.4) is 0 Å². The van der Waals surface area contributed by atoms with E-state index in [0.717, 1.165) is 11.3 Å². The largest absolute Gasteiger partial charge is 0.601 e. The number of carboxylic acid groups (broad SMARTS) is 1. The van der Waals surface area contributed by atoms with E-state index in [1.165, 1.54) is 0 Å². The van der Waals surface area contributed by atoms with Crippen molar-refractivity contribution in [2.75, 3.05) is 6.54 Å². The molecule has 2 rings (SSSR count). The molecule has 0 radical (unpaired) electrons. The van der Waals surface area contributed by atoms with Crippen LogP contribution in [0.4, 0.5) is 0 Å². The third-order valence-corrected chi connectivity index (χ3v) is 2.19. The SMILES string of the molecule is O=C(O)CCN1C=CC(c2cccnn2)=C[N-]1. The van der Waals surface area contributed by atoms with Crippen molar-refractivity contribution in [3.8, 4) is 0 Å². The average Bonchev–Trinajstić information content (AvgIpc) is 2.38. The Balaban J connectivity index is 1.95. The molecule has 1 aromatic rings. The Morgan fingerprint density at radius 1 is 1.53 bits per heavy atom. The Kier molecular flexibility index (Phi) is 3.34. The quantitative estimate of drug-likeness (QED) is 0.847. The van der Waals surface area contributed by atoms with E-state index in [1.54, 1.807) is 29.7 Å². The minimum atomic E-state index is -0.836. The van der Waals surface area contributed by atoms with Gasteiger partial charge in [0.1, 0.15) is 0 Å². The summed E-state index contributed by atoms with van der Waals surface area (Å²) >= 11 is 0. The maximum absolute atomic E-state index is 10.4. The molecule has 6 nitrogen and oxygen atoms in total. The monoisotopic (exact) mass is 231 g/mol. The van der Waals surface area contributed by atoms with E-state index in [9.17, 15) is 4.79 Å². The van der Waals surface area contributed by atoms with E-state index in [4.69, 9.17) is 5.11 Å². The van der Waals surface area contributed by atoms with Gasteiger partial charge in [0.05, 0.1) is 12.1 Å². The summed E-state index contributed by atoms with van der Waals surface area (Å²) in [5.74, 6) is -0.836. The van der Waals surface area contributed by atoms with E-state index in [0.29, 0.717) is 6.54 Å². The number of hydrogen-bond acceptors (Lipinski definition) is 4. The number of carboxylic acids is 1. The van der Waals surface area contributed by atoms with Crippen LogP contribution in [0.5, 0.6) is 0 Å². The zero-order valence-electron chi connectivity index (χ0n) is 9.02. The van der Waals surface area contributed by atoms with Crippen LogP contribution in [-0.2, 0) is 4.79 Å². The first-order valence-electron chi connectivity index (χ1n) is 5.11. The predicted molar refractivity (Wildman–Crippen MR) is 61.5 cm³/mol. The summed E-state index contributed by atoms with van der Waals surface area (Å²) < 4.78 is 0. The van der Waals surface area contributed by atoms with Crippen molar-refractivity contribution in [3.63, 3.8) is 0 Å². The van der Waals surface area contributed by atoms with Gasteiger partial charge in [0, 0.05) is 12.7 Å². The second-order valence-electron chi connectivity index (χ2n) is 3.43. The molecule has 0 fully saturated rings. The van der Waals surface area contributed by atoms with Gasteiger partial charge in [-0.2, -0.15) is 16.4 Å². The lowest BCUT2D eigenvalue weighted by Crippen LogP contribution is -2.17. The summed E-state index contributed by atoms with van der Waals surface area (Å²) in [6.45, 7) is 0.357. The zero-order chi connectivity index (χ0) is 12.1. The van der Waals surface area contributed by atoms with Crippen molar-refractivity contribution in [1.29, 1.82) is 0 Å². The third kappa shape index (κ3) is 3.04. The van der Waals surface area contributed by atoms with Crippen molar-refractivity contribution in [1.82, 2.24) is 15.2 Å². The lowest BCUT2D eigenvalue weighted by molar-refractivity contribution is -0.137. The highest BCUT2D eigenvalue weighted by atomic mass is 16.4. The fourth-order valence-electron chi connectivity index (χ4n) is 1.33. The molecule has 0 atom stereocenters. The summed E-state index contributed by atoms with van der Waals surface area (Å²) in [6.07, 6.45) is 6.87. The molecule has 0 spiro atoms. The maximum Gasteiger partial charge on any atom is 0.305 e. The number of rotatable bonds is 4. The molecule has 1 aromatic heterocycles. The van der Waals surface area contributed by atoms with Gasteiger partial charge in [0.15, 0.2) is 0 Å². The summed E-state index contributed by atoms with van der Waals surface area (Å²) in [7, 11) is 0. The Hall–Kier alpha value is -2.37. The molecular formula is C11H11N4O2-. The Labute approximate surface area is 98.2 Å². The van der Waals surface area contributed by atoms with Crippen molar-refractivity contribution in [2.24, 2.45) is 0 Å². The summed E-state index contributed by atoms with van der Waals surface area (Å²) in [6, 6.07) is 3.64. The number of aliphatic carboxylic acids is 1. The van der Waals surface area contributed by atoms with E-state index in [-0.39, 0.29) is 6.42 Å². The molecule has 0 saturated carbocycles. The van der Waals surface area contributed by atoms with Crippen LogP contribution in [-0.4, -0.2) is 32.8 Å². The Morgan fingerprint density at radius 2 is 2.41 bits per heavy atom. The van der Waals surface area contributed by atoms with Gasteiger partial charge in [0.2, 0.25) is 0 Å². The molecular weight excluding hydrogens is 220 g/mol. The Morgan fingerprint density at radius 3 is 3.00 bits per heavy atom. The summed E-state index contributed by atoms with van der Waals surface area (Å²) in [4.78, 5) is 10.4. The molecule has 0 saturated heterocycles. The molecule has 1 aliphatic rings. The van der Waals surface area contributed by atoms with E-state index in [1.807, 2.05) is 12.1 Å². The smallest absolute Gasteiger partial charge is 0.305 e. The van der Waals surface area contributed by atoms with Crippen molar-refractivity contribution in [3.05, 3.63) is 47.9 Å². The van der Waals surface area contributed by atoms with Gasteiger partial charge in [-0.1, -0.05) is 0 Å². The zero-order valence-corrected chi connectivity index (χ0v) is 9.02. The lowest BCUT2D eigenvalue weighted by Gasteiger charge is -2.37. The van der Waals surface area contributed by atoms with Crippen molar-refractivity contribution < 1.29 is 9.90 Å². The van der Waals surface area contributed by atoms with Crippen molar-refractivity contribution >= 4 is 11.5 Å². The molecule has 17 heavy (non-hydrogen) atoms. The normalized spacial score (nSPS) is 14.1. The number of hydrogen-bond donors (Lipinski definition) is 1. The van der Waals surface area contributed by atoms with E-state index in [2.05, 4.69) is 15.6 Å². The highest BCUT2D eigenvalue weighted by molar-refractivity contribution is 5.73. The minimum absolute atomic E-state index is 0.0577. The van der Waals surface area contributed by atoms with Gasteiger partial charge < -0.3 is 15.5 Å². The molecule has 1 N–H and O–H groups in total. The first-order valence-corrected chi connectivity index (χ1v) is 5.11. The van der Waals surface area contributed by atoms with Gasteiger partial charge in [-0.05, 0) is 30.0 Å². The molecule has 2 heterocycles. The number of aromatic nitrogens is 2. The first-order chi connectivity index (χ1) is 8.25. The summed E-state index contributed by atoms with van der Waals surface area (Å²) in [5, 5.41) is 17.9. The van der Waals surface area contributed by atoms with Gasteiger partial charge >= 0.3 is 5.97 Å². The third-order valence-electron chi connectivity index (χ3n) is 2.19. The fourth-order valence-corrected chi connectivity index (χ4v) is 1.33. The molecule has 88 valence electrons. The second kappa shape index (κ2) is 5.11. The molecule has 0 bridgehead atoms. The van der Waals surface area contributed by atoms with Crippen LogP contribution < -0.4 is 0 Å². The highest BCUT2D eigenvalue weighted by Gasteiger charge is 2.02. The highest BCUT2D eigenvalue weighted by Crippen LogP contribution is 2.20. The topological polar surface area (TPSA) is 80.4 Å². The van der Waals surface area contributed by atoms with Gasteiger partial charge in [-0.25, -0.2) is 0 Å². The van der Waals surface area contributed by atoms with Crippen LogP contribution in [0.2, 0.25) is 0 Å². The average molecular weight is 231 g/mol. The van der Waals surface area contributed by atoms with Gasteiger partial charge in [-0.15, -0.1) is 0 Å². The number of nitrogens with zero attached hydrogens (tertiary/aromatic N) is 4. The minimum Gasteiger partial charge on any atom is -0.601 e. The second-order valence-corrected chi connectivity index (χ2v) is 3.43. The van der Waals surface area contributed by atoms with Crippen LogP contribution >= 0.6 is 0 Å². The van der Waals surface area contributed by atoms with Gasteiger partial charge in [-0.3, -0.25) is 4.79 Å². The molecule has 0 aliphatic carbocycles. The maximum atomic E-state index is 10.4. The van der Waals surface area contributed by atoms with E-state index >= 15 is 0 Å². The predicted octanol–water partition coefficient (Wildman–Crippen LogP) is 1.41. The van der Waals surface area contributed by atoms with Crippen LogP contribution in [0, 0.1) is 0 Å². The molecule has 6 heteroatoms. The lowest BCUT2D eigenvalue weighted by atomic mass is 10.2. The number of allylic oxidation sites excluding steroid dienone is 2. The molecule has 0 unspecified atom stereocenters. The molecule has 0 aromatic carbocycles. The number of carbonyl (C=O) groups is 1. The first kappa shape index (κ1) is 11.1. The standard InChI is InChI=1S/C11H12N4O2/c16-11(17)4-7-15-6-3-9(8-13-15)10-2-1-5-12-14-10/h1-3,5-6,8H,4,7H2,(H2,13,14,16,17)/p-1. The van der Waals surface area contributed by atoms with Gasteiger partial charge in [0.25, 0.3) is 0 Å². The van der Waals surface area contributed by atoms with E-state index < -0.39 is 5.97 Å². The molecule has 1 aliphatic heterocycles.